The van der Waals surface area contributed by atoms with Crippen LogP contribution in [0.25, 0.3) is 16.4 Å². The minimum absolute atomic E-state index is 0.0821. The highest BCUT2D eigenvalue weighted by Crippen LogP contribution is 2.32. The third-order valence-electron chi connectivity index (χ3n) is 5.02. The molecule has 1 amide bonds. The zero-order valence-electron chi connectivity index (χ0n) is 17.0. The molecule has 0 aliphatic heterocycles. The summed E-state index contributed by atoms with van der Waals surface area (Å²) in [7, 11) is 0. The quantitative estimate of drug-likeness (QED) is 0.447. The van der Waals surface area contributed by atoms with Crippen molar-refractivity contribution in [3.8, 4) is 5.75 Å². The minimum Gasteiger partial charge on any atom is -0.505 e. The number of esters is 1. The van der Waals surface area contributed by atoms with Crippen LogP contribution in [0.5, 0.6) is 5.75 Å². The van der Waals surface area contributed by atoms with Gasteiger partial charge in [-0.3, -0.25) is 9.59 Å². The Balaban J connectivity index is 1.66. The molecule has 0 aliphatic carbocycles. The molecular weight excluding hydrogens is 396 g/mol. The summed E-state index contributed by atoms with van der Waals surface area (Å²) in [6.45, 7) is 1.59. The van der Waals surface area contributed by atoms with E-state index in [1.165, 1.54) is 16.4 Å². The number of benzene rings is 2. The fourth-order valence-corrected chi connectivity index (χ4v) is 3.54. The van der Waals surface area contributed by atoms with E-state index in [4.69, 9.17) is 4.74 Å². The standard InChI is InChI=1S/C23H22N4O4/c1-2-31-19(28)13-24-23(30)20-21(29)17-11-10-16(9-8-15-6-4-3-5-7-15)12-18(17)22-25-14-26-27(20)22/h3-7,10-12,14,29H,2,8-9,13H2,1H3,(H,24,30). The van der Waals surface area contributed by atoms with Crippen molar-refractivity contribution in [2.75, 3.05) is 13.2 Å². The molecule has 0 unspecified atom stereocenters. The van der Waals surface area contributed by atoms with E-state index < -0.39 is 11.9 Å². The Morgan fingerprint density at radius 2 is 1.84 bits per heavy atom. The predicted octanol–water partition coefficient (Wildman–Crippen LogP) is 2.67. The number of rotatable bonds is 7. The molecule has 2 heterocycles. The van der Waals surface area contributed by atoms with Crippen LogP contribution in [0.2, 0.25) is 0 Å². The van der Waals surface area contributed by atoms with Crippen molar-refractivity contribution in [2.24, 2.45) is 0 Å². The maximum Gasteiger partial charge on any atom is 0.325 e. The highest BCUT2D eigenvalue weighted by Gasteiger charge is 2.22. The molecule has 0 radical (unpaired) electrons. The average molecular weight is 418 g/mol. The topological polar surface area (TPSA) is 106 Å². The van der Waals surface area contributed by atoms with E-state index in [1.807, 2.05) is 30.3 Å². The largest absolute Gasteiger partial charge is 0.505 e. The highest BCUT2D eigenvalue weighted by molar-refractivity contribution is 6.07. The summed E-state index contributed by atoms with van der Waals surface area (Å²) in [6, 6.07) is 15.9. The Morgan fingerprint density at radius 3 is 2.61 bits per heavy atom. The van der Waals surface area contributed by atoms with Gasteiger partial charge >= 0.3 is 5.97 Å². The van der Waals surface area contributed by atoms with Crippen molar-refractivity contribution >= 4 is 28.3 Å². The molecule has 8 heteroatoms. The number of nitrogens with one attached hydrogen (secondary N) is 1. The molecule has 0 fully saturated rings. The number of amides is 1. The lowest BCUT2D eigenvalue weighted by Gasteiger charge is -2.12. The Kier molecular flexibility index (Phi) is 5.79. The van der Waals surface area contributed by atoms with Crippen molar-refractivity contribution in [1.82, 2.24) is 19.9 Å². The summed E-state index contributed by atoms with van der Waals surface area (Å²) in [5, 5.41) is 18.6. The van der Waals surface area contributed by atoms with Gasteiger partial charge in [0.1, 0.15) is 12.9 Å². The van der Waals surface area contributed by atoms with Gasteiger partial charge in [0.2, 0.25) is 0 Å². The molecule has 31 heavy (non-hydrogen) atoms. The van der Waals surface area contributed by atoms with Crippen LogP contribution in [0.15, 0.2) is 54.9 Å². The molecule has 4 aromatic rings. The summed E-state index contributed by atoms with van der Waals surface area (Å²) < 4.78 is 6.11. The van der Waals surface area contributed by atoms with Gasteiger partial charge in [0.25, 0.3) is 5.91 Å². The maximum absolute atomic E-state index is 12.7. The third kappa shape index (κ3) is 4.18. The second kappa shape index (κ2) is 8.83. The van der Waals surface area contributed by atoms with Gasteiger partial charge in [-0.15, -0.1) is 0 Å². The van der Waals surface area contributed by atoms with Gasteiger partial charge < -0.3 is 15.2 Å². The van der Waals surface area contributed by atoms with Crippen LogP contribution in [0.4, 0.5) is 0 Å². The minimum atomic E-state index is -0.642. The second-order valence-electron chi connectivity index (χ2n) is 7.05. The monoisotopic (exact) mass is 418 g/mol. The normalized spacial score (nSPS) is 11.0. The number of aromatic hydroxyl groups is 1. The first-order valence-corrected chi connectivity index (χ1v) is 10.0. The smallest absolute Gasteiger partial charge is 0.325 e. The molecule has 4 rings (SSSR count). The Labute approximate surface area is 178 Å². The number of carbonyl (C=O) groups is 2. The molecule has 0 bridgehead atoms. The first kappa shape index (κ1) is 20.3. The van der Waals surface area contributed by atoms with Gasteiger partial charge in [0.05, 0.1) is 6.61 Å². The molecular formula is C23H22N4O4. The summed E-state index contributed by atoms with van der Waals surface area (Å²) in [6.07, 6.45) is 3.03. The van der Waals surface area contributed by atoms with Crippen LogP contribution in [-0.4, -0.2) is 44.7 Å². The van der Waals surface area contributed by atoms with E-state index in [2.05, 4.69) is 27.5 Å². The second-order valence-corrected chi connectivity index (χ2v) is 7.05. The van der Waals surface area contributed by atoms with Gasteiger partial charge in [0, 0.05) is 10.8 Å². The summed E-state index contributed by atoms with van der Waals surface area (Å²) in [4.78, 5) is 28.5. The van der Waals surface area contributed by atoms with Crippen molar-refractivity contribution in [3.63, 3.8) is 0 Å². The SMILES string of the molecule is CCOC(=O)CNC(=O)c1c(O)c2ccc(CCc3ccccc3)cc2c2ncnn12. The van der Waals surface area contributed by atoms with Gasteiger partial charge in [0.15, 0.2) is 17.1 Å². The molecule has 2 N–H and O–H groups in total. The van der Waals surface area contributed by atoms with Crippen LogP contribution >= 0.6 is 0 Å². The van der Waals surface area contributed by atoms with Crippen LogP contribution in [-0.2, 0) is 22.4 Å². The Bertz CT molecular complexity index is 1250. The zero-order valence-corrected chi connectivity index (χ0v) is 17.0. The number of ether oxygens (including phenoxy) is 1. The molecule has 2 aromatic carbocycles. The van der Waals surface area contributed by atoms with Crippen LogP contribution in [0, 0.1) is 0 Å². The van der Waals surface area contributed by atoms with E-state index >= 15 is 0 Å². The lowest BCUT2D eigenvalue weighted by Crippen LogP contribution is -2.32. The van der Waals surface area contributed by atoms with Crippen LogP contribution in [0.3, 0.4) is 0 Å². The van der Waals surface area contributed by atoms with E-state index in [9.17, 15) is 14.7 Å². The summed E-state index contributed by atoms with van der Waals surface area (Å²) >= 11 is 0. The number of pyridine rings is 1. The van der Waals surface area contributed by atoms with Crippen molar-refractivity contribution in [1.29, 1.82) is 0 Å². The van der Waals surface area contributed by atoms with Crippen LogP contribution in [0.1, 0.15) is 28.5 Å². The lowest BCUT2D eigenvalue weighted by atomic mass is 10.0. The zero-order chi connectivity index (χ0) is 21.8. The first-order chi connectivity index (χ1) is 15.1. The molecule has 0 atom stereocenters. The summed E-state index contributed by atoms with van der Waals surface area (Å²) in [5.41, 5.74) is 2.70. The first-order valence-electron chi connectivity index (χ1n) is 10.0. The molecule has 0 aliphatic rings. The molecule has 2 aromatic heterocycles. The van der Waals surface area contributed by atoms with Gasteiger partial charge in [-0.2, -0.15) is 5.10 Å². The van der Waals surface area contributed by atoms with Gasteiger partial charge in [-0.05, 0) is 37.0 Å². The third-order valence-corrected chi connectivity index (χ3v) is 5.02. The van der Waals surface area contributed by atoms with Gasteiger partial charge in [-0.25, -0.2) is 9.50 Å². The predicted molar refractivity (Wildman–Crippen MR) is 115 cm³/mol. The fourth-order valence-electron chi connectivity index (χ4n) is 3.54. The molecule has 0 saturated heterocycles. The van der Waals surface area contributed by atoms with E-state index in [0.29, 0.717) is 16.4 Å². The number of hydrogen-bond acceptors (Lipinski definition) is 6. The molecule has 8 nitrogen and oxygen atoms in total. The van der Waals surface area contributed by atoms with E-state index in [0.717, 1.165) is 18.4 Å². The number of aromatic nitrogens is 3. The maximum atomic E-state index is 12.7. The number of nitrogens with zero attached hydrogens (tertiary/aromatic N) is 3. The highest BCUT2D eigenvalue weighted by atomic mass is 16.5. The molecule has 158 valence electrons. The number of hydrogen-bond donors (Lipinski definition) is 2. The number of aryl methyl sites for hydroxylation is 2. The summed E-state index contributed by atoms with van der Waals surface area (Å²) in [5.74, 6) is -1.42. The average Bonchev–Trinajstić information content (AvgIpc) is 3.27. The van der Waals surface area contributed by atoms with Crippen molar-refractivity contribution in [3.05, 3.63) is 71.7 Å². The van der Waals surface area contributed by atoms with Gasteiger partial charge in [-0.1, -0.05) is 42.5 Å². The Morgan fingerprint density at radius 1 is 1.06 bits per heavy atom. The van der Waals surface area contributed by atoms with Crippen molar-refractivity contribution < 1.29 is 19.4 Å². The van der Waals surface area contributed by atoms with E-state index in [1.54, 1.807) is 13.0 Å². The van der Waals surface area contributed by atoms with Crippen molar-refractivity contribution in [2.45, 2.75) is 19.8 Å². The Hall–Kier alpha value is -3.94. The fraction of sp³-hybridized carbons (Fsp3) is 0.217. The number of carbonyl (C=O) groups excluding carboxylic acids is 2. The van der Waals surface area contributed by atoms with E-state index in [-0.39, 0.29) is 24.6 Å². The number of fused-ring (bicyclic) bond motifs is 3. The van der Waals surface area contributed by atoms with Crippen LogP contribution < -0.4 is 5.32 Å². The molecule has 0 spiro atoms. The molecule has 0 saturated carbocycles. The lowest BCUT2D eigenvalue weighted by molar-refractivity contribution is -0.141.